The molecule has 0 amide bonds. The lowest BCUT2D eigenvalue weighted by Crippen LogP contribution is -2.16. The van der Waals surface area contributed by atoms with E-state index in [0.717, 1.165) is 6.07 Å². The van der Waals surface area contributed by atoms with Gasteiger partial charge < -0.3 is 10.1 Å². The maximum atomic E-state index is 14.4. The van der Waals surface area contributed by atoms with Crippen molar-refractivity contribution < 1.29 is 49.0 Å². The topological polar surface area (TPSA) is 38.3 Å². The lowest BCUT2D eigenvalue weighted by atomic mass is 10.1. The van der Waals surface area contributed by atoms with Gasteiger partial charge in [-0.3, -0.25) is 0 Å². The lowest BCUT2D eigenvalue weighted by Gasteiger charge is -2.15. The first-order chi connectivity index (χ1) is 14.9. The molecular weight excluding hydrogens is 481 g/mol. The maximum absolute atomic E-state index is 14.4. The van der Waals surface area contributed by atoms with E-state index in [0.29, 0.717) is 18.2 Å². The average molecular weight is 486 g/mol. The van der Waals surface area contributed by atoms with Crippen LogP contribution in [0.4, 0.5) is 50.9 Å². The Morgan fingerprint density at radius 2 is 1.31 bits per heavy atom. The van der Waals surface area contributed by atoms with E-state index in [1.165, 1.54) is 0 Å². The molecule has 1 N–H and O–H groups in total. The highest BCUT2D eigenvalue weighted by Crippen LogP contribution is 2.34. The summed E-state index contributed by atoms with van der Waals surface area (Å²) >= 11 is 5.44. The molecule has 0 aliphatic heterocycles. The summed E-state index contributed by atoms with van der Waals surface area (Å²) in [7, 11) is 0. The van der Waals surface area contributed by atoms with Crippen molar-refractivity contribution in [2.45, 2.75) is 0 Å². The average Bonchev–Trinajstić information content (AvgIpc) is 2.75. The van der Waals surface area contributed by atoms with E-state index in [9.17, 15) is 44.3 Å². The van der Waals surface area contributed by atoms with Gasteiger partial charge in [-0.1, -0.05) is 11.6 Å². The lowest BCUT2D eigenvalue weighted by molar-refractivity contribution is 0.0716. The molecule has 3 aromatic carbocycles. The third kappa shape index (κ3) is 4.05. The van der Waals surface area contributed by atoms with E-state index in [1.54, 1.807) is 0 Å². The summed E-state index contributed by atoms with van der Waals surface area (Å²) in [4.78, 5) is 12.4. The SMILES string of the molecule is O=C(Oc1c(F)c(F)c(F)c(F)c1F)c1cc(Cl)c(F)c(F)c1Nc1ccc(F)cc1F. The van der Waals surface area contributed by atoms with Crippen molar-refractivity contribution in [3.8, 4) is 5.75 Å². The first-order valence-electron chi connectivity index (χ1n) is 8.07. The van der Waals surface area contributed by atoms with Crippen LogP contribution in [0.2, 0.25) is 5.02 Å². The van der Waals surface area contributed by atoms with Gasteiger partial charge in [-0.05, 0) is 18.2 Å². The molecule has 0 radical (unpaired) electrons. The highest BCUT2D eigenvalue weighted by molar-refractivity contribution is 6.31. The second-order valence-electron chi connectivity index (χ2n) is 5.95. The molecule has 0 fully saturated rings. The van der Waals surface area contributed by atoms with Gasteiger partial charge in [0.1, 0.15) is 11.6 Å². The van der Waals surface area contributed by atoms with Crippen LogP contribution in [0.5, 0.6) is 5.75 Å². The predicted molar refractivity (Wildman–Crippen MR) is 92.2 cm³/mol. The van der Waals surface area contributed by atoms with Gasteiger partial charge in [0.25, 0.3) is 0 Å². The van der Waals surface area contributed by atoms with Gasteiger partial charge in [0, 0.05) is 6.07 Å². The second-order valence-corrected chi connectivity index (χ2v) is 6.35. The minimum atomic E-state index is -2.54. The number of rotatable bonds is 4. The number of benzene rings is 3. The third-order valence-electron chi connectivity index (χ3n) is 3.94. The summed E-state index contributed by atoms with van der Waals surface area (Å²) < 4.78 is 127. The number of hydrogen-bond donors (Lipinski definition) is 1. The minimum absolute atomic E-state index is 0.347. The summed E-state index contributed by atoms with van der Waals surface area (Å²) in [5, 5.41) is 0.876. The Morgan fingerprint density at radius 3 is 1.88 bits per heavy atom. The first kappa shape index (κ1) is 23.3. The van der Waals surface area contributed by atoms with E-state index in [1.807, 2.05) is 5.32 Å². The normalized spacial score (nSPS) is 10.9. The molecule has 3 aromatic rings. The number of anilines is 2. The number of ether oxygens (including phenoxy) is 1. The van der Waals surface area contributed by atoms with Crippen LogP contribution in [0.15, 0.2) is 24.3 Å². The van der Waals surface area contributed by atoms with Crippen LogP contribution in [-0.2, 0) is 0 Å². The van der Waals surface area contributed by atoms with Gasteiger partial charge in [0.15, 0.2) is 11.6 Å². The van der Waals surface area contributed by atoms with Crippen LogP contribution in [0.25, 0.3) is 0 Å². The minimum Gasteiger partial charge on any atom is -0.416 e. The van der Waals surface area contributed by atoms with Crippen molar-refractivity contribution in [3.63, 3.8) is 0 Å². The molecule has 0 spiro atoms. The summed E-state index contributed by atoms with van der Waals surface area (Å²) in [6.45, 7) is 0. The maximum Gasteiger partial charge on any atom is 0.346 e. The molecule has 168 valence electrons. The molecule has 32 heavy (non-hydrogen) atoms. The van der Waals surface area contributed by atoms with Gasteiger partial charge in [-0.2, -0.15) is 8.78 Å². The van der Waals surface area contributed by atoms with Crippen molar-refractivity contribution in [2.75, 3.05) is 5.32 Å². The number of nitrogens with one attached hydrogen (secondary N) is 1. The second kappa shape index (κ2) is 8.61. The van der Waals surface area contributed by atoms with Crippen molar-refractivity contribution in [2.24, 2.45) is 0 Å². The molecule has 3 rings (SSSR count). The Balaban J connectivity index is 2.11. The molecule has 3 nitrogen and oxygen atoms in total. The van der Waals surface area contributed by atoms with Gasteiger partial charge in [-0.25, -0.2) is 35.5 Å². The van der Waals surface area contributed by atoms with Crippen molar-refractivity contribution in [1.82, 2.24) is 0 Å². The predicted octanol–water partition coefficient (Wildman–Crippen LogP) is 6.55. The highest BCUT2D eigenvalue weighted by atomic mass is 35.5. The fourth-order valence-electron chi connectivity index (χ4n) is 2.43. The van der Waals surface area contributed by atoms with Gasteiger partial charge in [0.05, 0.1) is 22.0 Å². The van der Waals surface area contributed by atoms with E-state index in [4.69, 9.17) is 11.6 Å². The Kier molecular flexibility index (Phi) is 6.26. The van der Waals surface area contributed by atoms with Gasteiger partial charge in [-0.15, -0.1) is 0 Å². The number of esters is 1. The molecular formula is C19H5ClF9NO2. The molecule has 0 atom stereocenters. The molecule has 0 unspecified atom stereocenters. The number of halogens is 10. The fourth-order valence-corrected chi connectivity index (χ4v) is 2.62. The van der Waals surface area contributed by atoms with Gasteiger partial charge >= 0.3 is 5.97 Å². The summed E-state index contributed by atoms with van der Waals surface area (Å²) in [6, 6.07) is 2.18. The third-order valence-corrected chi connectivity index (χ3v) is 4.21. The number of carbonyl (C=O) groups is 1. The largest absolute Gasteiger partial charge is 0.416 e. The van der Waals surface area contributed by atoms with Crippen LogP contribution in [0.3, 0.4) is 0 Å². The van der Waals surface area contributed by atoms with E-state index < -0.39 is 86.0 Å². The van der Waals surface area contributed by atoms with Crippen LogP contribution in [0.1, 0.15) is 10.4 Å². The van der Waals surface area contributed by atoms with Crippen molar-refractivity contribution in [1.29, 1.82) is 0 Å². The molecule has 0 bridgehead atoms. The Bertz CT molecular complexity index is 1240. The summed E-state index contributed by atoms with van der Waals surface area (Å²) in [6.07, 6.45) is 0. The summed E-state index contributed by atoms with van der Waals surface area (Å²) in [5.74, 6) is -22.5. The van der Waals surface area contributed by atoms with Crippen molar-refractivity contribution in [3.05, 3.63) is 87.2 Å². The van der Waals surface area contributed by atoms with Crippen LogP contribution in [0, 0.1) is 52.4 Å². The quantitative estimate of drug-likeness (QED) is 0.150. The molecule has 0 saturated carbocycles. The van der Waals surface area contributed by atoms with Crippen molar-refractivity contribution >= 4 is 28.9 Å². The molecule has 0 heterocycles. The van der Waals surface area contributed by atoms with Crippen LogP contribution in [-0.4, -0.2) is 5.97 Å². The molecule has 0 aromatic heterocycles. The van der Waals surface area contributed by atoms with E-state index >= 15 is 0 Å². The Morgan fingerprint density at radius 1 is 0.750 bits per heavy atom. The highest BCUT2D eigenvalue weighted by Gasteiger charge is 2.31. The fraction of sp³-hybridized carbons (Fsp3) is 0. The molecule has 0 aliphatic carbocycles. The van der Waals surface area contributed by atoms with E-state index in [2.05, 4.69) is 4.74 Å². The summed E-state index contributed by atoms with van der Waals surface area (Å²) in [5.41, 5.74) is -3.00. The number of hydrogen-bond acceptors (Lipinski definition) is 3. The van der Waals surface area contributed by atoms with E-state index in [-0.39, 0.29) is 0 Å². The van der Waals surface area contributed by atoms with Crippen LogP contribution < -0.4 is 10.1 Å². The standard InChI is InChI=1S/C19H5ClF9NO2/c20-7-4-6(19(31)32-18-15(28)12(25)11(24)13(26)16(18)29)17(14(27)10(7)23)30-9-2-1-5(21)3-8(9)22/h1-4,30H. The Labute approximate surface area is 177 Å². The zero-order chi connectivity index (χ0) is 23.9. The number of carbonyl (C=O) groups excluding carboxylic acids is 1. The molecule has 0 aliphatic rings. The monoisotopic (exact) mass is 485 g/mol. The molecule has 13 heteroatoms. The Hall–Kier alpha value is -3.41. The molecule has 0 saturated heterocycles. The zero-order valence-electron chi connectivity index (χ0n) is 14.9. The first-order valence-corrected chi connectivity index (χ1v) is 8.45. The zero-order valence-corrected chi connectivity index (χ0v) is 15.7. The van der Waals surface area contributed by atoms with Crippen LogP contribution >= 0.6 is 11.6 Å². The smallest absolute Gasteiger partial charge is 0.346 e. The van der Waals surface area contributed by atoms with Gasteiger partial charge in [0.2, 0.25) is 34.8 Å².